The van der Waals surface area contributed by atoms with Crippen LogP contribution in [-0.4, -0.2) is 10.7 Å². The molecule has 0 atom stereocenters. The number of carbonyl (C=O) groups is 1. The average molecular weight is 217 g/mol. The molecule has 0 radical (unpaired) electrons. The first-order valence-corrected chi connectivity index (χ1v) is 5.15. The number of nitrogens with zero attached hydrogens (tertiary/aromatic N) is 1. The van der Waals surface area contributed by atoms with Crippen LogP contribution in [-0.2, 0) is 4.79 Å². The van der Waals surface area contributed by atoms with E-state index < -0.39 is 4.92 Å². The van der Waals surface area contributed by atoms with Crippen LogP contribution in [0.1, 0.15) is 24.8 Å². The van der Waals surface area contributed by atoms with E-state index in [4.69, 9.17) is 0 Å². The van der Waals surface area contributed by atoms with Gasteiger partial charge in [0.05, 0.1) is 4.92 Å². The Morgan fingerprint density at radius 2 is 1.81 bits per heavy atom. The zero-order valence-electron chi connectivity index (χ0n) is 8.68. The molecule has 0 heterocycles. The average Bonchev–Trinajstić information content (AvgIpc) is 2.29. The third-order valence-corrected chi connectivity index (χ3v) is 2.65. The van der Waals surface area contributed by atoms with Gasteiger partial charge in [-0.05, 0) is 42.2 Å². The molecule has 0 aliphatic heterocycles. The SMILES string of the molecule is O=C1C=C(c2ccc([N+](=O)[O-])cc2)CCC1. The summed E-state index contributed by atoms with van der Waals surface area (Å²) in [6.45, 7) is 0. The van der Waals surface area contributed by atoms with E-state index in [1.165, 1.54) is 12.1 Å². The van der Waals surface area contributed by atoms with E-state index in [1.54, 1.807) is 18.2 Å². The van der Waals surface area contributed by atoms with Gasteiger partial charge in [-0.2, -0.15) is 0 Å². The molecule has 0 bridgehead atoms. The van der Waals surface area contributed by atoms with Crippen LogP contribution in [0.5, 0.6) is 0 Å². The second-order valence-electron chi connectivity index (χ2n) is 3.79. The second kappa shape index (κ2) is 4.26. The maximum Gasteiger partial charge on any atom is 0.269 e. The van der Waals surface area contributed by atoms with Crippen LogP contribution in [0, 0.1) is 10.1 Å². The Kier molecular flexibility index (Phi) is 2.81. The molecule has 0 fully saturated rings. The van der Waals surface area contributed by atoms with Gasteiger partial charge < -0.3 is 0 Å². The molecule has 82 valence electrons. The summed E-state index contributed by atoms with van der Waals surface area (Å²) in [5, 5.41) is 10.5. The Bertz CT molecular complexity index is 460. The molecule has 0 amide bonds. The van der Waals surface area contributed by atoms with Gasteiger partial charge in [-0.25, -0.2) is 0 Å². The van der Waals surface area contributed by atoms with Gasteiger partial charge >= 0.3 is 0 Å². The van der Waals surface area contributed by atoms with Crippen LogP contribution in [0.15, 0.2) is 30.3 Å². The molecule has 0 saturated carbocycles. The zero-order valence-corrected chi connectivity index (χ0v) is 8.68. The van der Waals surface area contributed by atoms with E-state index in [2.05, 4.69) is 0 Å². The van der Waals surface area contributed by atoms with Crippen molar-refractivity contribution < 1.29 is 9.72 Å². The lowest BCUT2D eigenvalue weighted by Gasteiger charge is -2.11. The molecular formula is C12H11NO3. The van der Waals surface area contributed by atoms with Gasteiger partial charge in [0.1, 0.15) is 0 Å². The molecule has 4 nitrogen and oxygen atoms in total. The first kappa shape index (κ1) is 10.5. The lowest BCUT2D eigenvalue weighted by Crippen LogP contribution is -2.02. The predicted molar refractivity (Wildman–Crippen MR) is 59.9 cm³/mol. The van der Waals surface area contributed by atoms with Crippen LogP contribution in [0.2, 0.25) is 0 Å². The third kappa shape index (κ3) is 2.16. The molecule has 4 heteroatoms. The quantitative estimate of drug-likeness (QED) is 0.565. The van der Waals surface area contributed by atoms with E-state index in [1.807, 2.05) is 0 Å². The van der Waals surface area contributed by atoms with Gasteiger partial charge in [-0.1, -0.05) is 0 Å². The lowest BCUT2D eigenvalue weighted by molar-refractivity contribution is -0.384. The standard InChI is InChI=1S/C12H11NO3/c14-12-3-1-2-10(8-12)9-4-6-11(7-5-9)13(15)16/h4-8H,1-3H2. The van der Waals surface area contributed by atoms with E-state index in [0.717, 1.165) is 24.0 Å². The highest BCUT2D eigenvalue weighted by molar-refractivity contribution is 5.98. The third-order valence-electron chi connectivity index (χ3n) is 2.65. The molecule has 16 heavy (non-hydrogen) atoms. The van der Waals surface area contributed by atoms with Crippen molar-refractivity contribution >= 4 is 17.0 Å². The molecule has 2 rings (SSSR count). The molecule has 1 aliphatic carbocycles. The Morgan fingerprint density at radius 3 is 2.38 bits per heavy atom. The number of ketones is 1. The molecule has 0 unspecified atom stereocenters. The van der Waals surface area contributed by atoms with Gasteiger partial charge in [0, 0.05) is 18.6 Å². The highest BCUT2D eigenvalue weighted by Gasteiger charge is 2.12. The monoisotopic (exact) mass is 217 g/mol. The number of carbonyl (C=O) groups excluding carboxylic acids is 1. The Hall–Kier alpha value is -1.97. The fourth-order valence-corrected chi connectivity index (χ4v) is 1.82. The van der Waals surface area contributed by atoms with E-state index in [-0.39, 0.29) is 11.5 Å². The van der Waals surface area contributed by atoms with Gasteiger partial charge in [0.25, 0.3) is 5.69 Å². The lowest BCUT2D eigenvalue weighted by atomic mass is 9.93. The maximum atomic E-state index is 11.2. The fourth-order valence-electron chi connectivity index (χ4n) is 1.82. The summed E-state index contributed by atoms with van der Waals surface area (Å²) in [5.74, 6) is 0.139. The van der Waals surface area contributed by atoms with Crippen molar-refractivity contribution in [3.8, 4) is 0 Å². The Morgan fingerprint density at radius 1 is 1.12 bits per heavy atom. The Labute approximate surface area is 92.7 Å². The number of hydrogen-bond acceptors (Lipinski definition) is 3. The van der Waals surface area contributed by atoms with Crippen molar-refractivity contribution in [2.45, 2.75) is 19.3 Å². The summed E-state index contributed by atoms with van der Waals surface area (Å²) in [6.07, 6.45) is 3.98. The van der Waals surface area contributed by atoms with E-state index in [9.17, 15) is 14.9 Å². The normalized spacial score (nSPS) is 15.8. The highest BCUT2D eigenvalue weighted by atomic mass is 16.6. The van der Waals surface area contributed by atoms with Crippen molar-refractivity contribution in [2.75, 3.05) is 0 Å². The summed E-state index contributed by atoms with van der Waals surface area (Å²) < 4.78 is 0. The van der Waals surface area contributed by atoms with Gasteiger partial charge in [-0.15, -0.1) is 0 Å². The van der Waals surface area contributed by atoms with Crippen LogP contribution in [0.25, 0.3) is 5.57 Å². The first-order valence-electron chi connectivity index (χ1n) is 5.15. The topological polar surface area (TPSA) is 60.2 Å². The van der Waals surface area contributed by atoms with Gasteiger partial charge in [0.15, 0.2) is 5.78 Å². The number of hydrogen-bond donors (Lipinski definition) is 0. The molecule has 0 spiro atoms. The van der Waals surface area contributed by atoms with Crippen LogP contribution in [0.4, 0.5) is 5.69 Å². The number of nitro benzene ring substituents is 1. The smallest absolute Gasteiger partial charge is 0.269 e. The summed E-state index contributed by atoms with van der Waals surface area (Å²) in [7, 11) is 0. The number of nitro groups is 1. The number of benzene rings is 1. The van der Waals surface area contributed by atoms with Crippen molar-refractivity contribution in [1.29, 1.82) is 0 Å². The highest BCUT2D eigenvalue weighted by Crippen LogP contribution is 2.26. The van der Waals surface area contributed by atoms with Crippen molar-refractivity contribution in [1.82, 2.24) is 0 Å². The van der Waals surface area contributed by atoms with Crippen molar-refractivity contribution in [3.05, 3.63) is 46.0 Å². The first-order chi connectivity index (χ1) is 7.66. The van der Waals surface area contributed by atoms with E-state index in [0.29, 0.717) is 6.42 Å². The minimum atomic E-state index is -0.426. The molecule has 1 aromatic carbocycles. The van der Waals surface area contributed by atoms with Crippen molar-refractivity contribution in [3.63, 3.8) is 0 Å². The van der Waals surface area contributed by atoms with Gasteiger partial charge in [-0.3, -0.25) is 14.9 Å². The maximum absolute atomic E-state index is 11.2. The molecular weight excluding hydrogens is 206 g/mol. The second-order valence-corrected chi connectivity index (χ2v) is 3.79. The van der Waals surface area contributed by atoms with E-state index >= 15 is 0 Å². The number of non-ortho nitro benzene ring substituents is 1. The molecule has 0 N–H and O–H groups in total. The number of allylic oxidation sites excluding steroid dienone is 2. The molecule has 1 aromatic rings. The molecule has 1 aliphatic rings. The zero-order chi connectivity index (χ0) is 11.5. The van der Waals surface area contributed by atoms with Crippen LogP contribution < -0.4 is 0 Å². The summed E-state index contributed by atoms with van der Waals surface area (Å²) in [4.78, 5) is 21.3. The minimum Gasteiger partial charge on any atom is -0.295 e. The number of rotatable bonds is 2. The minimum absolute atomic E-state index is 0.0754. The largest absolute Gasteiger partial charge is 0.295 e. The van der Waals surface area contributed by atoms with Crippen molar-refractivity contribution in [2.24, 2.45) is 0 Å². The fraction of sp³-hybridized carbons (Fsp3) is 0.250. The Balaban J connectivity index is 2.28. The summed E-state index contributed by atoms with van der Waals surface area (Å²) in [6, 6.07) is 6.33. The predicted octanol–water partition coefficient (Wildman–Crippen LogP) is 2.73. The molecule has 0 saturated heterocycles. The molecule has 0 aromatic heterocycles. The van der Waals surface area contributed by atoms with Gasteiger partial charge in [0.2, 0.25) is 0 Å². The van der Waals surface area contributed by atoms with Crippen LogP contribution in [0.3, 0.4) is 0 Å². The van der Waals surface area contributed by atoms with Crippen LogP contribution >= 0.6 is 0 Å². The summed E-state index contributed by atoms with van der Waals surface area (Å²) >= 11 is 0. The summed E-state index contributed by atoms with van der Waals surface area (Å²) in [5.41, 5.74) is 1.95.